The maximum atomic E-state index is 5.88. The summed E-state index contributed by atoms with van der Waals surface area (Å²) in [5, 5.41) is 0. The highest BCUT2D eigenvalue weighted by Crippen LogP contribution is 2.17. The van der Waals surface area contributed by atoms with E-state index in [0.29, 0.717) is 0 Å². The lowest BCUT2D eigenvalue weighted by molar-refractivity contribution is 0.192. The molecule has 1 atom stereocenters. The molecule has 0 saturated carbocycles. The van der Waals surface area contributed by atoms with Gasteiger partial charge in [0.1, 0.15) is 0 Å². The van der Waals surface area contributed by atoms with Gasteiger partial charge in [-0.05, 0) is 46.2 Å². The van der Waals surface area contributed by atoms with Gasteiger partial charge < -0.3 is 8.85 Å². The van der Waals surface area contributed by atoms with Gasteiger partial charge in [-0.15, -0.1) is 0 Å². The van der Waals surface area contributed by atoms with Crippen LogP contribution in [-0.4, -0.2) is 22.7 Å². The third kappa shape index (κ3) is 7.35. The Hall–Kier alpha value is -0.0662. The summed E-state index contributed by atoms with van der Waals surface area (Å²) >= 11 is 0. The normalized spacial score (nSPS) is 15.1. The van der Waals surface area contributed by atoms with Crippen molar-refractivity contribution in [3.8, 4) is 0 Å². The lowest BCUT2D eigenvalue weighted by Crippen LogP contribution is -2.35. The number of hydrogen-bond acceptors (Lipinski definition) is 2. The monoisotopic (exact) mass is 232 g/mol. The first-order valence-electron chi connectivity index (χ1n) is 5.07. The summed E-state index contributed by atoms with van der Waals surface area (Å²) in [7, 11) is -3.01. The first-order chi connectivity index (χ1) is 6.01. The smallest absolute Gasteiger partial charge is 0.241 e. The molecular formula is C10H24O2Si2. The Bertz CT molecular complexity index is 201. The molecule has 0 rings (SSSR count). The van der Waals surface area contributed by atoms with Crippen molar-refractivity contribution in [3.05, 3.63) is 12.3 Å². The van der Waals surface area contributed by atoms with Gasteiger partial charge in [0, 0.05) is 0 Å². The molecule has 0 aliphatic carbocycles. The molecular weight excluding hydrogens is 208 g/mol. The maximum Gasteiger partial charge on any atom is 0.241 e. The van der Waals surface area contributed by atoms with Gasteiger partial charge in [0.25, 0.3) is 0 Å². The Balaban J connectivity index is 4.15. The molecule has 0 saturated heterocycles. The summed E-state index contributed by atoms with van der Waals surface area (Å²) < 4.78 is 11.7. The van der Waals surface area contributed by atoms with Crippen molar-refractivity contribution in [2.75, 3.05) is 0 Å². The van der Waals surface area contributed by atoms with Gasteiger partial charge in [-0.3, -0.25) is 0 Å². The Morgan fingerprint density at radius 3 is 1.71 bits per heavy atom. The maximum absolute atomic E-state index is 5.88. The van der Waals surface area contributed by atoms with Crippen molar-refractivity contribution in [1.82, 2.24) is 0 Å². The molecule has 2 nitrogen and oxygen atoms in total. The molecule has 0 aromatic carbocycles. The first-order valence-corrected chi connectivity index (χ1v) is 11.9. The van der Waals surface area contributed by atoms with Crippen molar-refractivity contribution in [2.24, 2.45) is 0 Å². The molecule has 0 amide bonds. The Morgan fingerprint density at radius 2 is 1.43 bits per heavy atom. The predicted octanol–water partition coefficient (Wildman–Crippen LogP) is 3.59. The second-order valence-corrected chi connectivity index (χ2v) is 14.4. The standard InChI is InChI=1S/C10H24O2Si2/c1-9(11-13(3,4)5)10(2)12-14(6,7)8/h10H,1H2,2-8H3. The van der Waals surface area contributed by atoms with Gasteiger partial charge >= 0.3 is 0 Å². The van der Waals surface area contributed by atoms with Crippen LogP contribution in [0.1, 0.15) is 6.92 Å². The van der Waals surface area contributed by atoms with E-state index in [4.69, 9.17) is 8.85 Å². The van der Waals surface area contributed by atoms with Gasteiger partial charge in [-0.25, -0.2) is 0 Å². The SMILES string of the molecule is C=C(O[Si](C)(C)C)C(C)O[Si](C)(C)C. The molecule has 84 valence electrons. The summed E-state index contributed by atoms with van der Waals surface area (Å²) in [6.45, 7) is 18.9. The molecule has 14 heavy (non-hydrogen) atoms. The van der Waals surface area contributed by atoms with Gasteiger partial charge in [0.05, 0.1) is 11.9 Å². The fourth-order valence-corrected chi connectivity index (χ4v) is 3.22. The predicted molar refractivity (Wildman–Crippen MR) is 67.5 cm³/mol. The van der Waals surface area contributed by atoms with Crippen molar-refractivity contribution < 1.29 is 8.85 Å². The van der Waals surface area contributed by atoms with E-state index >= 15 is 0 Å². The number of hydrogen-bond donors (Lipinski definition) is 0. The van der Waals surface area contributed by atoms with E-state index in [1.165, 1.54) is 0 Å². The first kappa shape index (κ1) is 13.9. The van der Waals surface area contributed by atoms with Gasteiger partial charge in [-0.1, -0.05) is 6.58 Å². The van der Waals surface area contributed by atoms with Crippen LogP contribution >= 0.6 is 0 Å². The zero-order valence-electron chi connectivity index (χ0n) is 10.6. The van der Waals surface area contributed by atoms with E-state index in [9.17, 15) is 0 Å². The third-order valence-corrected chi connectivity index (χ3v) is 3.36. The summed E-state index contributed by atoms with van der Waals surface area (Å²) in [4.78, 5) is 0. The summed E-state index contributed by atoms with van der Waals surface area (Å²) in [6.07, 6.45) is 0.0217. The average Bonchev–Trinajstić information content (AvgIpc) is 1.78. The topological polar surface area (TPSA) is 18.5 Å². The molecule has 4 heteroatoms. The van der Waals surface area contributed by atoms with Crippen molar-refractivity contribution >= 4 is 16.6 Å². The molecule has 0 aliphatic rings. The van der Waals surface area contributed by atoms with Crippen LogP contribution < -0.4 is 0 Å². The molecule has 0 aliphatic heterocycles. The minimum absolute atomic E-state index is 0.0217. The average molecular weight is 232 g/mol. The summed E-state index contributed by atoms with van der Waals surface area (Å²) in [5.74, 6) is 0.784. The minimum Gasteiger partial charge on any atom is -0.546 e. The van der Waals surface area contributed by atoms with E-state index in [-0.39, 0.29) is 6.10 Å². The van der Waals surface area contributed by atoms with E-state index < -0.39 is 16.6 Å². The molecule has 1 unspecified atom stereocenters. The van der Waals surface area contributed by atoms with E-state index in [1.807, 2.05) is 6.92 Å². The van der Waals surface area contributed by atoms with Crippen LogP contribution in [0.4, 0.5) is 0 Å². The van der Waals surface area contributed by atoms with Crippen LogP contribution in [0.2, 0.25) is 39.3 Å². The minimum atomic E-state index is -1.52. The van der Waals surface area contributed by atoms with E-state index in [1.54, 1.807) is 0 Å². The second kappa shape index (κ2) is 4.64. The van der Waals surface area contributed by atoms with Crippen molar-refractivity contribution in [1.29, 1.82) is 0 Å². The summed E-state index contributed by atoms with van der Waals surface area (Å²) in [5.41, 5.74) is 0. The molecule has 0 heterocycles. The largest absolute Gasteiger partial charge is 0.546 e. The van der Waals surface area contributed by atoms with Crippen molar-refractivity contribution in [2.45, 2.75) is 52.3 Å². The van der Waals surface area contributed by atoms with Crippen LogP contribution in [0.15, 0.2) is 12.3 Å². The fraction of sp³-hybridized carbons (Fsp3) is 0.800. The van der Waals surface area contributed by atoms with Gasteiger partial charge in [-0.2, -0.15) is 0 Å². The van der Waals surface area contributed by atoms with Crippen LogP contribution in [0.3, 0.4) is 0 Å². The van der Waals surface area contributed by atoms with Crippen molar-refractivity contribution in [3.63, 3.8) is 0 Å². The Kier molecular flexibility index (Phi) is 4.61. The molecule has 0 aromatic rings. The van der Waals surface area contributed by atoms with Gasteiger partial charge in [0.2, 0.25) is 8.32 Å². The number of rotatable bonds is 5. The quantitative estimate of drug-likeness (QED) is 0.533. The van der Waals surface area contributed by atoms with Gasteiger partial charge in [0.15, 0.2) is 8.32 Å². The van der Waals surface area contributed by atoms with Crippen LogP contribution in [-0.2, 0) is 8.85 Å². The molecule has 0 radical (unpaired) electrons. The molecule has 0 aromatic heterocycles. The molecule has 0 fully saturated rings. The lowest BCUT2D eigenvalue weighted by Gasteiger charge is -2.29. The van der Waals surface area contributed by atoms with Crippen LogP contribution in [0.25, 0.3) is 0 Å². The zero-order chi connectivity index (χ0) is 11.6. The van der Waals surface area contributed by atoms with E-state index in [2.05, 4.69) is 45.9 Å². The molecule has 0 spiro atoms. The second-order valence-electron chi connectivity index (χ2n) is 5.55. The fourth-order valence-electron chi connectivity index (χ4n) is 1.07. The molecule has 0 bridgehead atoms. The Morgan fingerprint density at radius 1 is 1.00 bits per heavy atom. The zero-order valence-corrected chi connectivity index (χ0v) is 12.6. The summed E-state index contributed by atoms with van der Waals surface area (Å²) in [6, 6.07) is 0. The lowest BCUT2D eigenvalue weighted by atomic mass is 10.4. The highest BCUT2D eigenvalue weighted by atomic mass is 28.4. The van der Waals surface area contributed by atoms with Crippen LogP contribution in [0, 0.1) is 0 Å². The van der Waals surface area contributed by atoms with E-state index in [0.717, 1.165) is 5.76 Å². The Labute approximate surface area is 90.6 Å². The molecule has 0 N–H and O–H groups in total. The highest BCUT2D eigenvalue weighted by Gasteiger charge is 2.24. The third-order valence-electron chi connectivity index (χ3n) is 1.42. The highest BCUT2D eigenvalue weighted by molar-refractivity contribution is 6.70. The van der Waals surface area contributed by atoms with Crippen LogP contribution in [0.5, 0.6) is 0 Å².